The number of aromatic nitrogens is 2. The molecule has 0 bridgehead atoms. The van der Waals surface area contributed by atoms with Crippen molar-refractivity contribution in [3.05, 3.63) is 101 Å². The van der Waals surface area contributed by atoms with Gasteiger partial charge in [-0.15, -0.1) is 0 Å². The van der Waals surface area contributed by atoms with Gasteiger partial charge in [0.05, 0.1) is 0 Å². The van der Waals surface area contributed by atoms with Crippen LogP contribution in [0.15, 0.2) is 78.3 Å². The lowest BCUT2D eigenvalue weighted by atomic mass is 9.96. The summed E-state index contributed by atoms with van der Waals surface area (Å²) in [5, 5.41) is 0. The summed E-state index contributed by atoms with van der Waals surface area (Å²) < 4.78 is 27.0. The van der Waals surface area contributed by atoms with Crippen molar-refractivity contribution < 1.29 is 8.78 Å². The summed E-state index contributed by atoms with van der Waals surface area (Å²) >= 11 is 0. The molecule has 37 heavy (non-hydrogen) atoms. The van der Waals surface area contributed by atoms with Crippen LogP contribution < -0.4 is 4.90 Å². The Morgan fingerprint density at radius 1 is 0.730 bits per heavy atom. The normalized spacial score (nSPS) is 19.1. The van der Waals surface area contributed by atoms with Crippen molar-refractivity contribution in [1.29, 1.82) is 0 Å². The summed E-state index contributed by atoms with van der Waals surface area (Å²) in [6.07, 6.45) is 11.0. The fourth-order valence-corrected chi connectivity index (χ4v) is 5.06. The maximum absolute atomic E-state index is 13.5. The summed E-state index contributed by atoms with van der Waals surface area (Å²) in [5.41, 5.74) is 4.38. The van der Waals surface area contributed by atoms with Gasteiger partial charge >= 0.3 is 0 Å². The molecule has 2 aliphatic rings. The van der Waals surface area contributed by atoms with E-state index < -0.39 is 0 Å². The topological polar surface area (TPSA) is 35.5 Å². The van der Waals surface area contributed by atoms with Crippen LogP contribution in [0, 0.1) is 11.6 Å². The molecule has 0 saturated carbocycles. The third-order valence-electron chi connectivity index (χ3n) is 7.04. The second-order valence-electron chi connectivity index (χ2n) is 9.62. The van der Waals surface area contributed by atoms with Gasteiger partial charge in [0.2, 0.25) is 5.95 Å². The van der Waals surface area contributed by atoms with Gasteiger partial charge in [-0.1, -0.05) is 24.3 Å². The summed E-state index contributed by atoms with van der Waals surface area (Å²) in [6.45, 7) is 6.88. The molecule has 3 heterocycles. The SMILES string of the molecule is Fc1ccc(C=C2CCCN(CCCN3CCN(c4ncccn4)CC3)C2=Cc2ccc(F)cc2)cc1. The highest BCUT2D eigenvalue weighted by molar-refractivity contribution is 5.66. The number of hydrogen-bond donors (Lipinski definition) is 0. The molecule has 0 amide bonds. The first-order chi connectivity index (χ1) is 18.1. The van der Waals surface area contributed by atoms with Crippen molar-refractivity contribution in [3.8, 4) is 0 Å². The van der Waals surface area contributed by atoms with Crippen LogP contribution in [-0.2, 0) is 0 Å². The van der Waals surface area contributed by atoms with Crippen molar-refractivity contribution in [1.82, 2.24) is 19.8 Å². The van der Waals surface area contributed by atoms with Crippen molar-refractivity contribution in [2.45, 2.75) is 19.3 Å². The van der Waals surface area contributed by atoms with Gasteiger partial charge in [-0.3, -0.25) is 4.90 Å². The Kier molecular flexibility index (Phi) is 8.21. The molecular formula is C30H33F2N5. The molecule has 0 atom stereocenters. The predicted octanol–water partition coefficient (Wildman–Crippen LogP) is 5.49. The zero-order valence-electron chi connectivity index (χ0n) is 21.1. The molecule has 0 unspecified atom stereocenters. The fourth-order valence-electron chi connectivity index (χ4n) is 5.06. The average molecular weight is 502 g/mol. The van der Waals surface area contributed by atoms with E-state index in [0.717, 1.165) is 82.2 Å². The maximum Gasteiger partial charge on any atom is 0.225 e. The zero-order chi connectivity index (χ0) is 25.5. The molecule has 7 heteroatoms. The van der Waals surface area contributed by atoms with Gasteiger partial charge < -0.3 is 9.80 Å². The fraction of sp³-hybridized carbons (Fsp3) is 0.333. The minimum Gasteiger partial charge on any atom is -0.371 e. The minimum absolute atomic E-state index is 0.230. The average Bonchev–Trinajstić information content (AvgIpc) is 2.93. The number of piperazine rings is 1. The van der Waals surface area contributed by atoms with Crippen molar-refractivity contribution in [3.63, 3.8) is 0 Å². The highest BCUT2D eigenvalue weighted by atomic mass is 19.1. The summed E-state index contributed by atoms with van der Waals surface area (Å²) in [4.78, 5) is 16.0. The van der Waals surface area contributed by atoms with E-state index in [-0.39, 0.29) is 11.6 Å². The molecule has 3 aromatic rings. The van der Waals surface area contributed by atoms with Crippen LogP contribution in [0.2, 0.25) is 0 Å². The van der Waals surface area contributed by atoms with Crippen LogP contribution in [0.1, 0.15) is 30.4 Å². The second-order valence-corrected chi connectivity index (χ2v) is 9.62. The Morgan fingerprint density at radius 2 is 1.35 bits per heavy atom. The molecule has 2 aromatic carbocycles. The van der Waals surface area contributed by atoms with E-state index in [4.69, 9.17) is 0 Å². The molecule has 2 saturated heterocycles. The molecule has 1 aromatic heterocycles. The van der Waals surface area contributed by atoms with E-state index in [9.17, 15) is 8.78 Å². The molecule has 192 valence electrons. The third-order valence-corrected chi connectivity index (χ3v) is 7.04. The Balaban J connectivity index is 1.25. The van der Waals surface area contributed by atoms with Crippen LogP contribution in [0.25, 0.3) is 12.2 Å². The van der Waals surface area contributed by atoms with E-state index in [1.54, 1.807) is 12.4 Å². The minimum atomic E-state index is -0.233. The number of halogens is 2. The molecule has 0 N–H and O–H groups in total. The first-order valence-electron chi connectivity index (χ1n) is 13.1. The number of benzene rings is 2. The lowest BCUT2D eigenvalue weighted by Gasteiger charge is -2.37. The second kappa shape index (κ2) is 12.1. The molecule has 5 nitrogen and oxygen atoms in total. The lowest BCUT2D eigenvalue weighted by Crippen LogP contribution is -2.47. The van der Waals surface area contributed by atoms with Crippen LogP contribution >= 0.6 is 0 Å². The number of allylic oxidation sites excluding steroid dienone is 1. The lowest BCUT2D eigenvalue weighted by molar-refractivity contribution is 0.232. The first-order valence-corrected chi connectivity index (χ1v) is 13.1. The number of hydrogen-bond acceptors (Lipinski definition) is 5. The summed E-state index contributed by atoms with van der Waals surface area (Å²) in [7, 11) is 0. The first kappa shape index (κ1) is 25.1. The van der Waals surface area contributed by atoms with E-state index in [2.05, 4.69) is 36.8 Å². The number of piperidine rings is 1. The van der Waals surface area contributed by atoms with Crippen molar-refractivity contribution >= 4 is 18.1 Å². The molecule has 0 spiro atoms. The van der Waals surface area contributed by atoms with Gasteiger partial charge in [0.15, 0.2) is 0 Å². The predicted molar refractivity (Wildman–Crippen MR) is 145 cm³/mol. The molecule has 0 aliphatic carbocycles. The van der Waals surface area contributed by atoms with Gasteiger partial charge in [-0.05, 0) is 85.0 Å². The molecule has 5 rings (SSSR count). The Morgan fingerprint density at radius 3 is 2.00 bits per heavy atom. The van der Waals surface area contributed by atoms with Gasteiger partial charge in [0.1, 0.15) is 11.6 Å². The Labute approximate surface area is 217 Å². The molecular weight excluding hydrogens is 468 g/mol. The zero-order valence-corrected chi connectivity index (χ0v) is 21.1. The Bertz CT molecular complexity index is 1200. The third kappa shape index (κ3) is 6.80. The number of anilines is 1. The quantitative estimate of drug-likeness (QED) is 0.428. The maximum atomic E-state index is 13.5. The smallest absolute Gasteiger partial charge is 0.225 e. The van der Waals surface area contributed by atoms with E-state index >= 15 is 0 Å². The number of likely N-dealkylation sites (tertiary alicyclic amines) is 1. The monoisotopic (exact) mass is 501 g/mol. The molecule has 2 fully saturated rings. The van der Waals surface area contributed by atoms with Crippen molar-refractivity contribution in [2.75, 3.05) is 50.7 Å². The van der Waals surface area contributed by atoms with E-state index in [0.29, 0.717) is 0 Å². The summed E-state index contributed by atoms with van der Waals surface area (Å²) in [6, 6.07) is 15.1. The van der Waals surface area contributed by atoms with Gasteiger partial charge in [-0.2, -0.15) is 0 Å². The van der Waals surface area contributed by atoms with Gasteiger partial charge in [-0.25, -0.2) is 18.7 Å². The standard InChI is InChI=1S/C30H33F2N5/c31-27-9-5-24(6-10-27)22-26-4-1-16-36(29(26)23-25-7-11-28(32)12-8-25)17-3-15-35-18-20-37(21-19-35)30-33-13-2-14-34-30/h2,5-14,22-23H,1,3-4,15-21H2. The van der Waals surface area contributed by atoms with E-state index in [1.165, 1.54) is 35.5 Å². The van der Waals surface area contributed by atoms with Crippen LogP contribution in [0.4, 0.5) is 14.7 Å². The highest BCUT2D eigenvalue weighted by Crippen LogP contribution is 2.30. The van der Waals surface area contributed by atoms with Crippen LogP contribution in [0.3, 0.4) is 0 Å². The summed E-state index contributed by atoms with van der Waals surface area (Å²) in [5.74, 6) is 0.349. The van der Waals surface area contributed by atoms with Gasteiger partial charge in [0, 0.05) is 57.4 Å². The van der Waals surface area contributed by atoms with Gasteiger partial charge in [0.25, 0.3) is 0 Å². The van der Waals surface area contributed by atoms with E-state index in [1.807, 2.05) is 30.3 Å². The molecule has 2 aliphatic heterocycles. The van der Waals surface area contributed by atoms with Crippen LogP contribution in [-0.4, -0.2) is 65.6 Å². The number of nitrogens with zero attached hydrogens (tertiary/aromatic N) is 5. The highest BCUT2D eigenvalue weighted by Gasteiger charge is 2.22. The van der Waals surface area contributed by atoms with Crippen LogP contribution in [0.5, 0.6) is 0 Å². The largest absolute Gasteiger partial charge is 0.371 e. The number of rotatable bonds is 7. The van der Waals surface area contributed by atoms with Crippen molar-refractivity contribution in [2.24, 2.45) is 0 Å². The Hall–Kier alpha value is -3.58. The molecule has 0 radical (unpaired) electrons.